The van der Waals surface area contributed by atoms with E-state index in [0.29, 0.717) is 35.7 Å². The summed E-state index contributed by atoms with van der Waals surface area (Å²) in [4.78, 5) is 21.0. The Bertz CT molecular complexity index is 1120. The lowest BCUT2D eigenvalue weighted by Crippen LogP contribution is -2.37. The molecule has 2 aromatic heterocycles. The molecular formula is C22H26ClN7O2. The highest BCUT2D eigenvalue weighted by Gasteiger charge is 2.31. The number of aryl methyl sites for hydroxylation is 1. The minimum Gasteiger partial charge on any atom is -0.337 e. The van der Waals surface area contributed by atoms with Crippen LogP contribution in [0.15, 0.2) is 28.8 Å². The van der Waals surface area contributed by atoms with Gasteiger partial charge in [-0.25, -0.2) is 0 Å². The molecule has 1 atom stereocenters. The number of amides is 1. The van der Waals surface area contributed by atoms with E-state index in [9.17, 15) is 4.79 Å². The summed E-state index contributed by atoms with van der Waals surface area (Å²) in [5.41, 5.74) is 1.76. The van der Waals surface area contributed by atoms with Crippen LogP contribution in [0.25, 0.3) is 6.08 Å². The van der Waals surface area contributed by atoms with Gasteiger partial charge in [0.2, 0.25) is 11.8 Å². The summed E-state index contributed by atoms with van der Waals surface area (Å²) in [5.74, 6) is 1.85. The van der Waals surface area contributed by atoms with Gasteiger partial charge in [-0.05, 0) is 60.7 Å². The van der Waals surface area contributed by atoms with Crippen LogP contribution in [0.5, 0.6) is 0 Å². The summed E-state index contributed by atoms with van der Waals surface area (Å²) in [5, 5.41) is 16.8. The van der Waals surface area contributed by atoms with E-state index < -0.39 is 0 Å². The zero-order valence-corrected chi connectivity index (χ0v) is 19.2. The number of nitrogens with zero attached hydrogens (tertiary/aromatic N) is 7. The molecule has 0 aliphatic carbocycles. The molecule has 0 radical (unpaired) electrons. The average Bonchev–Trinajstić information content (AvgIpc) is 3.42. The zero-order valence-electron chi connectivity index (χ0n) is 18.4. The molecule has 1 saturated heterocycles. The van der Waals surface area contributed by atoms with Crippen molar-refractivity contribution < 1.29 is 9.32 Å². The molecule has 0 N–H and O–H groups in total. The molecule has 9 nitrogen and oxygen atoms in total. The first-order valence-corrected chi connectivity index (χ1v) is 11.1. The molecule has 3 aromatic rings. The van der Waals surface area contributed by atoms with E-state index in [-0.39, 0.29) is 17.9 Å². The highest BCUT2D eigenvalue weighted by atomic mass is 35.5. The number of carbonyl (C=O) groups is 1. The molecule has 0 spiro atoms. The maximum absolute atomic E-state index is 13.1. The second-order valence-electron chi connectivity index (χ2n) is 8.23. The number of aromatic nitrogens is 6. The number of likely N-dealkylation sites (tertiary alicyclic amines) is 1. The van der Waals surface area contributed by atoms with Gasteiger partial charge in [0, 0.05) is 23.6 Å². The van der Waals surface area contributed by atoms with Crippen molar-refractivity contribution in [3.63, 3.8) is 0 Å². The topological polar surface area (TPSA) is 103 Å². The van der Waals surface area contributed by atoms with Crippen molar-refractivity contribution in [2.24, 2.45) is 0 Å². The van der Waals surface area contributed by atoms with Gasteiger partial charge in [-0.3, -0.25) is 4.79 Å². The smallest absolute Gasteiger partial charge is 0.249 e. The number of halogens is 1. The first kappa shape index (κ1) is 22.1. The number of hydrogen-bond donors (Lipinski definition) is 0. The molecule has 1 aliphatic heterocycles. The van der Waals surface area contributed by atoms with Crippen LogP contribution in [0.3, 0.4) is 0 Å². The third-order valence-electron chi connectivity index (χ3n) is 5.42. The molecule has 3 heterocycles. The molecule has 1 aliphatic rings. The number of hydrogen-bond acceptors (Lipinski definition) is 7. The van der Waals surface area contributed by atoms with Gasteiger partial charge in [-0.1, -0.05) is 36.7 Å². The molecule has 0 saturated carbocycles. The van der Waals surface area contributed by atoms with Gasteiger partial charge in [0.1, 0.15) is 6.04 Å². The highest BCUT2D eigenvalue weighted by Crippen LogP contribution is 2.31. The van der Waals surface area contributed by atoms with Crippen LogP contribution in [-0.2, 0) is 11.3 Å². The number of rotatable bonds is 6. The third kappa shape index (κ3) is 5.04. The summed E-state index contributed by atoms with van der Waals surface area (Å²) in [7, 11) is 0. The molecule has 168 valence electrons. The van der Waals surface area contributed by atoms with Crippen LogP contribution in [0, 0.1) is 6.92 Å². The zero-order chi connectivity index (χ0) is 22.7. The van der Waals surface area contributed by atoms with Crippen LogP contribution in [-0.4, -0.2) is 47.7 Å². The van der Waals surface area contributed by atoms with E-state index in [0.717, 1.165) is 30.4 Å². The predicted molar refractivity (Wildman–Crippen MR) is 119 cm³/mol. The quantitative estimate of drug-likeness (QED) is 0.518. The SMILES string of the molecule is Cc1nnn(Cc2cc(Cl)ccc2/C=C/C(=O)N2CCCCC2c2nc(C(C)C)no2)n1. The molecule has 4 rings (SSSR count). The number of carbonyl (C=O) groups excluding carboxylic acids is 1. The highest BCUT2D eigenvalue weighted by molar-refractivity contribution is 6.30. The fourth-order valence-electron chi connectivity index (χ4n) is 3.74. The number of benzene rings is 1. The molecule has 1 aromatic carbocycles. The van der Waals surface area contributed by atoms with Gasteiger partial charge in [0.15, 0.2) is 11.6 Å². The summed E-state index contributed by atoms with van der Waals surface area (Å²) >= 11 is 6.20. The Hall–Kier alpha value is -3.07. The molecule has 32 heavy (non-hydrogen) atoms. The van der Waals surface area contributed by atoms with Crippen LogP contribution in [0.1, 0.15) is 73.7 Å². The molecular weight excluding hydrogens is 430 g/mol. The first-order valence-electron chi connectivity index (χ1n) is 10.8. The van der Waals surface area contributed by atoms with Crippen LogP contribution in [0.4, 0.5) is 0 Å². The van der Waals surface area contributed by atoms with Crippen molar-refractivity contribution in [3.8, 4) is 0 Å². The van der Waals surface area contributed by atoms with Gasteiger partial charge in [-0.2, -0.15) is 9.78 Å². The summed E-state index contributed by atoms with van der Waals surface area (Å²) in [6.07, 6.45) is 6.17. The van der Waals surface area contributed by atoms with Crippen molar-refractivity contribution in [1.82, 2.24) is 35.2 Å². The van der Waals surface area contributed by atoms with E-state index in [1.807, 2.05) is 30.9 Å². The molecule has 1 unspecified atom stereocenters. The molecule has 1 amide bonds. The lowest BCUT2D eigenvalue weighted by molar-refractivity contribution is -0.130. The molecule has 1 fully saturated rings. The lowest BCUT2D eigenvalue weighted by Gasteiger charge is -2.32. The van der Waals surface area contributed by atoms with Crippen molar-refractivity contribution in [2.75, 3.05) is 6.54 Å². The predicted octanol–water partition coefficient (Wildman–Crippen LogP) is 3.96. The fraction of sp³-hybridized carbons (Fsp3) is 0.455. The summed E-state index contributed by atoms with van der Waals surface area (Å²) in [6.45, 7) is 6.87. The van der Waals surface area contributed by atoms with E-state index >= 15 is 0 Å². The van der Waals surface area contributed by atoms with Crippen LogP contribution in [0.2, 0.25) is 5.02 Å². The number of piperidine rings is 1. The summed E-state index contributed by atoms with van der Waals surface area (Å²) < 4.78 is 5.49. The first-order chi connectivity index (χ1) is 15.4. The van der Waals surface area contributed by atoms with Gasteiger partial charge in [0.05, 0.1) is 6.54 Å². The van der Waals surface area contributed by atoms with Crippen LogP contribution >= 0.6 is 11.6 Å². The Balaban J connectivity index is 1.53. The van der Waals surface area contributed by atoms with Gasteiger partial charge in [0.25, 0.3) is 0 Å². The van der Waals surface area contributed by atoms with Crippen molar-refractivity contribution >= 4 is 23.6 Å². The molecule has 10 heteroatoms. The minimum absolute atomic E-state index is 0.0883. The van der Waals surface area contributed by atoms with E-state index in [1.54, 1.807) is 25.1 Å². The molecule has 0 bridgehead atoms. The van der Waals surface area contributed by atoms with Crippen LogP contribution < -0.4 is 0 Å². The Morgan fingerprint density at radius 1 is 1.34 bits per heavy atom. The fourth-order valence-corrected chi connectivity index (χ4v) is 3.94. The second kappa shape index (κ2) is 9.60. The largest absolute Gasteiger partial charge is 0.337 e. The second-order valence-corrected chi connectivity index (χ2v) is 8.67. The van der Waals surface area contributed by atoms with E-state index in [1.165, 1.54) is 4.80 Å². The Kier molecular flexibility index (Phi) is 6.64. The van der Waals surface area contributed by atoms with E-state index in [2.05, 4.69) is 25.6 Å². The minimum atomic E-state index is -0.201. The lowest BCUT2D eigenvalue weighted by atomic mass is 10.0. The monoisotopic (exact) mass is 455 g/mol. The normalized spacial score (nSPS) is 16.9. The van der Waals surface area contributed by atoms with Gasteiger partial charge >= 0.3 is 0 Å². The van der Waals surface area contributed by atoms with Gasteiger partial charge < -0.3 is 9.42 Å². The maximum Gasteiger partial charge on any atom is 0.249 e. The Labute approximate surface area is 191 Å². The standard InChI is InChI=1S/C22H26ClN7O2/c1-14(2)21-24-22(32-27-21)19-6-4-5-11-29(19)20(31)10-8-16-7-9-18(23)12-17(16)13-30-26-15(3)25-28-30/h7-10,12,14,19H,4-6,11,13H2,1-3H3/b10-8+. The van der Waals surface area contributed by atoms with Gasteiger partial charge in [-0.15, -0.1) is 10.2 Å². The third-order valence-corrected chi connectivity index (χ3v) is 5.65. The number of tetrazole rings is 1. The van der Waals surface area contributed by atoms with E-state index in [4.69, 9.17) is 16.1 Å². The van der Waals surface area contributed by atoms with Crippen molar-refractivity contribution in [3.05, 3.63) is 58.0 Å². The Morgan fingerprint density at radius 2 is 2.19 bits per heavy atom. The average molecular weight is 456 g/mol. The Morgan fingerprint density at radius 3 is 2.91 bits per heavy atom. The maximum atomic E-state index is 13.1. The van der Waals surface area contributed by atoms with Crippen molar-refractivity contribution in [1.29, 1.82) is 0 Å². The van der Waals surface area contributed by atoms with Crippen molar-refractivity contribution in [2.45, 2.75) is 58.5 Å². The summed E-state index contributed by atoms with van der Waals surface area (Å²) in [6, 6.07) is 5.32.